The van der Waals surface area contributed by atoms with Gasteiger partial charge >= 0.3 is 0 Å². The van der Waals surface area contributed by atoms with E-state index in [2.05, 4.69) is 0 Å². The quantitative estimate of drug-likeness (QED) is 0.757. The van der Waals surface area contributed by atoms with Gasteiger partial charge in [0.05, 0.1) is 6.61 Å². The molecule has 0 saturated carbocycles. The molecule has 0 bridgehead atoms. The SMILES string of the molecule is CCOc1ccc(N(C)C(=O)CCCl)cc1C. The summed E-state index contributed by atoms with van der Waals surface area (Å²) in [4.78, 5) is 13.3. The third-order valence-electron chi connectivity index (χ3n) is 2.53. The molecule has 3 nitrogen and oxygen atoms in total. The standard InChI is InChI=1S/C13H18ClNO2/c1-4-17-12-6-5-11(9-10(12)2)15(3)13(16)7-8-14/h5-6,9H,4,7-8H2,1-3H3. The fraction of sp³-hybridized carbons (Fsp3) is 0.462. The fourth-order valence-electron chi connectivity index (χ4n) is 1.55. The van der Waals surface area contributed by atoms with E-state index in [0.717, 1.165) is 17.0 Å². The van der Waals surface area contributed by atoms with Crippen molar-refractivity contribution in [3.05, 3.63) is 23.8 Å². The van der Waals surface area contributed by atoms with E-state index in [4.69, 9.17) is 16.3 Å². The number of alkyl halides is 1. The molecule has 0 aromatic heterocycles. The zero-order valence-electron chi connectivity index (χ0n) is 10.5. The summed E-state index contributed by atoms with van der Waals surface area (Å²) in [6.07, 6.45) is 0.352. The largest absolute Gasteiger partial charge is 0.494 e. The lowest BCUT2D eigenvalue weighted by atomic mass is 10.2. The third kappa shape index (κ3) is 3.63. The predicted molar refractivity (Wildman–Crippen MR) is 71.1 cm³/mol. The molecular formula is C13H18ClNO2. The van der Waals surface area contributed by atoms with Gasteiger partial charge in [-0.15, -0.1) is 11.6 Å². The summed E-state index contributed by atoms with van der Waals surface area (Å²) in [7, 11) is 1.75. The predicted octanol–water partition coefficient (Wildman–Crippen LogP) is 2.99. The van der Waals surface area contributed by atoms with Crippen LogP contribution in [0.5, 0.6) is 5.75 Å². The first-order valence-electron chi connectivity index (χ1n) is 5.66. The van der Waals surface area contributed by atoms with E-state index >= 15 is 0 Å². The van der Waals surface area contributed by atoms with E-state index in [9.17, 15) is 4.79 Å². The van der Waals surface area contributed by atoms with Gasteiger partial charge in [-0.1, -0.05) is 0 Å². The summed E-state index contributed by atoms with van der Waals surface area (Å²) >= 11 is 5.56. The minimum atomic E-state index is 0.0172. The number of hydrogen-bond acceptors (Lipinski definition) is 2. The molecule has 0 atom stereocenters. The first-order valence-corrected chi connectivity index (χ1v) is 6.19. The molecule has 0 saturated heterocycles. The van der Waals surface area contributed by atoms with Gasteiger partial charge in [-0.05, 0) is 37.6 Å². The van der Waals surface area contributed by atoms with E-state index in [1.54, 1.807) is 11.9 Å². The Balaban J connectivity index is 2.85. The third-order valence-corrected chi connectivity index (χ3v) is 2.72. The van der Waals surface area contributed by atoms with Crippen LogP contribution in [-0.2, 0) is 4.79 Å². The first-order chi connectivity index (χ1) is 8.10. The van der Waals surface area contributed by atoms with Crippen LogP contribution in [0.2, 0.25) is 0 Å². The summed E-state index contributed by atoms with van der Waals surface area (Å²) in [6, 6.07) is 5.71. The minimum Gasteiger partial charge on any atom is -0.494 e. The van der Waals surface area contributed by atoms with Gasteiger partial charge in [0.15, 0.2) is 0 Å². The molecule has 0 heterocycles. The second-order valence-corrected chi connectivity index (χ2v) is 4.15. The summed E-state index contributed by atoms with van der Waals surface area (Å²) in [6.45, 7) is 4.55. The van der Waals surface area contributed by atoms with Gasteiger partial charge in [-0.2, -0.15) is 0 Å². The lowest BCUT2D eigenvalue weighted by molar-refractivity contribution is -0.117. The highest BCUT2D eigenvalue weighted by atomic mass is 35.5. The van der Waals surface area contributed by atoms with Crippen LogP contribution < -0.4 is 9.64 Å². The zero-order chi connectivity index (χ0) is 12.8. The molecule has 0 aliphatic heterocycles. The summed E-state index contributed by atoms with van der Waals surface area (Å²) in [5, 5.41) is 0. The van der Waals surface area contributed by atoms with Gasteiger partial charge in [0.1, 0.15) is 5.75 Å². The van der Waals surface area contributed by atoms with Crippen molar-refractivity contribution >= 4 is 23.2 Å². The van der Waals surface area contributed by atoms with Crippen LogP contribution in [0.25, 0.3) is 0 Å². The molecular weight excluding hydrogens is 238 g/mol. The number of hydrogen-bond donors (Lipinski definition) is 0. The average molecular weight is 256 g/mol. The monoisotopic (exact) mass is 255 g/mol. The van der Waals surface area contributed by atoms with Crippen LogP contribution in [0.3, 0.4) is 0 Å². The molecule has 0 spiro atoms. The van der Waals surface area contributed by atoms with Gasteiger partial charge in [0.25, 0.3) is 0 Å². The van der Waals surface area contributed by atoms with Crippen molar-refractivity contribution in [2.75, 3.05) is 24.4 Å². The van der Waals surface area contributed by atoms with Crippen molar-refractivity contribution in [3.63, 3.8) is 0 Å². The van der Waals surface area contributed by atoms with Gasteiger partial charge < -0.3 is 9.64 Å². The molecule has 1 amide bonds. The molecule has 0 aliphatic carbocycles. The van der Waals surface area contributed by atoms with Crippen molar-refractivity contribution in [2.45, 2.75) is 20.3 Å². The average Bonchev–Trinajstić information content (AvgIpc) is 2.31. The summed E-state index contributed by atoms with van der Waals surface area (Å²) in [5.74, 6) is 1.22. The smallest absolute Gasteiger partial charge is 0.227 e. The Bertz CT molecular complexity index is 393. The summed E-state index contributed by atoms with van der Waals surface area (Å²) in [5.41, 5.74) is 1.89. The zero-order valence-corrected chi connectivity index (χ0v) is 11.3. The van der Waals surface area contributed by atoms with E-state index in [1.807, 2.05) is 32.0 Å². The number of carbonyl (C=O) groups is 1. The minimum absolute atomic E-state index is 0.0172. The lowest BCUT2D eigenvalue weighted by Crippen LogP contribution is -2.26. The molecule has 17 heavy (non-hydrogen) atoms. The first kappa shape index (κ1) is 13.8. The Hall–Kier alpha value is -1.22. The number of ether oxygens (including phenoxy) is 1. The number of halogens is 1. The van der Waals surface area contributed by atoms with Crippen molar-refractivity contribution in [3.8, 4) is 5.75 Å². The number of aryl methyl sites for hydroxylation is 1. The Morgan fingerprint density at radius 1 is 1.47 bits per heavy atom. The van der Waals surface area contributed by atoms with E-state index in [-0.39, 0.29) is 5.91 Å². The van der Waals surface area contributed by atoms with Crippen molar-refractivity contribution in [2.24, 2.45) is 0 Å². The summed E-state index contributed by atoms with van der Waals surface area (Å²) < 4.78 is 5.45. The molecule has 94 valence electrons. The van der Waals surface area contributed by atoms with E-state index in [1.165, 1.54) is 0 Å². The second-order valence-electron chi connectivity index (χ2n) is 3.77. The van der Waals surface area contributed by atoms with Gasteiger partial charge in [0, 0.05) is 25.0 Å². The Morgan fingerprint density at radius 2 is 2.18 bits per heavy atom. The molecule has 0 unspecified atom stereocenters. The maximum atomic E-state index is 11.7. The van der Waals surface area contributed by atoms with Crippen molar-refractivity contribution in [1.82, 2.24) is 0 Å². The van der Waals surface area contributed by atoms with Crippen LogP contribution in [0, 0.1) is 6.92 Å². The van der Waals surface area contributed by atoms with E-state index in [0.29, 0.717) is 18.9 Å². The topological polar surface area (TPSA) is 29.5 Å². The number of rotatable bonds is 5. The number of nitrogens with zero attached hydrogens (tertiary/aromatic N) is 1. The lowest BCUT2D eigenvalue weighted by Gasteiger charge is -2.18. The highest BCUT2D eigenvalue weighted by Gasteiger charge is 2.11. The van der Waals surface area contributed by atoms with Crippen molar-refractivity contribution < 1.29 is 9.53 Å². The Morgan fingerprint density at radius 3 is 2.71 bits per heavy atom. The number of benzene rings is 1. The van der Waals surface area contributed by atoms with Crippen LogP contribution in [-0.4, -0.2) is 25.4 Å². The van der Waals surface area contributed by atoms with Crippen LogP contribution in [0.15, 0.2) is 18.2 Å². The highest BCUT2D eigenvalue weighted by Crippen LogP contribution is 2.24. The van der Waals surface area contributed by atoms with Crippen LogP contribution in [0.4, 0.5) is 5.69 Å². The maximum Gasteiger partial charge on any atom is 0.227 e. The fourth-order valence-corrected chi connectivity index (χ4v) is 1.71. The highest BCUT2D eigenvalue weighted by molar-refractivity contribution is 6.19. The molecule has 0 fully saturated rings. The molecule has 4 heteroatoms. The van der Waals surface area contributed by atoms with E-state index < -0.39 is 0 Å². The molecule has 0 aliphatic rings. The Labute approximate surface area is 107 Å². The van der Waals surface area contributed by atoms with Crippen molar-refractivity contribution in [1.29, 1.82) is 0 Å². The van der Waals surface area contributed by atoms with Gasteiger partial charge in [-0.3, -0.25) is 4.79 Å². The van der Waals surface area contributed by atoms with Gasteiger partial charge in [0.2, 0.25) is 5.91 Å². The van der Waals surface area contributed by atoms with Gasteiger partial charge in [-0.25, -0.2) is 0 Å². The Kier molecular flexibility index (Phi) is 5.29. The number of amides is 1. The van der Waals surface area contributed by atoms with Crippen LogP contribution >= 0.6 is 11.6 Å². The number of carbonyl (C=O) groups excluding carboxylic acids is 1. The molecule has 0 N–H and O–H groups in total. The molecule has 1 rings (SSSR count). The second kappa shape index (κ2) is 6.50. The normalized spacial score (nSPS) is 10.1. The van der Waals surface area contributed by atoms with Crippen LogP contribution in [0.1, 0.15) is 18.9 Å². The maximum absolute atomic E-state index is 11.7. The molecule has 1 aromatic rings. The molecule has 0 radical (unpaired) electrons. The molecule has 1 aromatic carbocycles. The number of anilines is 1.